The zero-order valence-corrected chi connectivity index (χ0v) is 15.1. The minimum absolute atomic E-state index is 0.156. The molecule has 1 aromatic carbocycles. The number of carboxylic acids is 1. The van der Waals surface area contributed by atoms with Crippen LogP contribution in [0.2, 0.25) is 0 Å². The van der Waals surface area contributed by atoms with E-state index in [0.29, 0.717) is 6.54 Å². The van der Waals surface area contributed by atoms with Gasteiger partial charge in [0.15, 0.2) is 0 Å². The Morgan fingerprint density at radius 3 is 2.67 bits per heavy atom. The molecule has 0 aliphatic rings. The molecule has 1 atom stereocenters. The van der Waals surface area contributed by atoms with Gasteiger partial charge in [0.1, 0.15) is 17.7 Å². The maximum Gasteiger partial charge on any atom is 0.326 e. The van der Waals surface area contributed by atoms with E-state index in [1.54, 1.807) is 19.9 Å². The van der Waals surface area contributed by atoms with Crippen molar-refractivity contribution in [3.05, 3.63) is 46.1 Å². The van der Waals surface area contributed by atoms with E-state index in [4.69, 9.17) is 10.4 Å². The zero-order chi connectivity index (χ0) is 18.1. The Morgan fingerprint density at radius 2 is 2.12 bits per heavy atom. The van der Waals surface area contributed by atoms with Crippen LogP contribution in [0.25, 0.3) is 0 Å². The molecule has 6 nitrogen and oxygen atoms in total. The zero-order valence-electron chi connectivity index (χ0n) is 13.5. The van der Waals surface area contributed by atoms with Crippen LogP contribution in [0.4, 0.5) is 0 Å². The fourth-order valence-corrected chi connectivity index (χ4v) is 2.41. The van der Waals surface area contributed by atoms with Crippen molar-refractivity contribution in [1.29, 1.82) is 5.26 Å². The Hall–Kier alpha value is -2.33. The van der Waals surface area contributed by atoms with Crippen molar-refractivity contribution >= 4 is 27.8 Å². The number of benzene rings is 1. The Kier molecular flexibility index (Phi) is 7.99. The van der Waals surface area contributed by atoms with Gasteiger partial charge in [0.25, 0.3) is 5.91 Å². The Morgan fingerprint density at radius 1 is 1.42 bits per heavy atom. The van der Waals surface area contributed by atoms with Gasteiger partial charge in [0, 0.05) is 17.2 Å². The van der Waals surface area contributed by atoms with Crippen molar-refractivity contribution in [2.24, 2.45) is 5.92 Å². The lowest BCUT2D eigenvalue weighted by molar-refractivity contribution is -0.142. The van der Waals surface area contributed by atoms with E-state index < -0.39 is 17.9 Å². The Bertz CT molecular complexity index is 665. The second-order valence-electron chi connectivity index (χ2n) is 5.54. The summed E-state index contributed by atoms with van der Waals surface area (Å²) in [6, 6.07) is 8.58. The first-order valence-electron chi connectivity index (χ1n) is 7.47. The topological polar surface area (TPSA) is 102 Å². The number of hydrogen-bond acceptors (Lipinski definition) is 4. The molecular weight excluding hydrogens is 374 g/mol. The first-order valence-corrected chi connectivity index (χ1v) is 8.26. The molecule has 3 N–H and O–H groups in total. The molecule has 0 radical (unpaired) electrons. The van der Waals surface area contributed by atoms with Gasteiger partial charge in [0.05, 0.1) is 0 Å². The SMILES string of the molecule is CC(C)C(NC(=O)/C(C#N)=C\NCCc1cccc(Br)c1)C(=O)O. The first-order chi connectivity index (χ1) is 11.3. The highest BCUT2D eigenvalue weighted by atomic mass is 79.9. The van der Waals surface area contributed by atoms with Crippen LogP contribution in [0, 0.1) is 17.2 Å². The van der Waals surface area contributed by atoms with E-state index in [-0.39, 0.29) is 11.5 Å². The minimum Gasteiger partial charge on any atom is -0.480 e. The van der Waals surface area contributed by atoms with Crippen molar-refractivity contribution < 1.29 is 14.7 Å². The summed E-state index contributed by atoms with van der Waals surface area (Å²) < 4.78 is 0.987. The maximum atomic E-state index is 12.0. The van der Waals surface area contributed by atoms with Crippen LogP contribution in [0.1, 0.15) is 19.4 Å². The number of rotatable bonds is 8. The molecule has 0 aliphatic heterocycles. The van der Waals surface area contributed by atoms with Gasteiger partial charge in [-0.25, -0.2) is 4.79 Å². The molecule has 0 spiro atoms. The van der Waals surface area contributed by atoms with Gasteiger partial charge in [0.2, 0.25) is 0 Å². The molecule has 0 saturated carbocycles. The molecule has 0 aliphatic carbocycles. The molecule has 1 unspecified atom stereocenters. The van der Waals surface area contributed by atoms with Crippen LogP contribution in [0.5, 0.6) is 0 Å². The highest BCUT2D eigenvalue weighted by Crippen LogP contribution is 2.11. The number of carbonyl (C=O) groups is 2. The monoisotopic (exact) mass is 393 g/mol. The number of nitrogens with zero attached hydrogens (tertiary/aromatic N) is 1. The summed E-state index contributed by atoms with van der Waals surface area (Å²) in [5.74, 6) is -2.11. The minimum atomic E-state index is -1.13. The van der Waals surface area contributed by atoms with E-state index in [1.807, 2.05) is 24.3 Å². The summed E-state index contributed by atoms with van der Waals surface area (Å²) >= 11 is 3.39. The molecule has 0 saturated heterocycles. The molecule has 1 aromatic rings. The quantitative estimate of drug-likeness (QED) is 0.357. The number of hydrogen-bond donors (Lipinski definition) is 3. The molecule has 1 amide bonds. The van der Waals surface area contributed by atoms with Crippen LogP contribution < -0.4 is 10.6 Å². The van der Waals surface area contributed by atoms with Gasteiger partial charge >= 0.3 is 5.97 Å². The number of halogens is 1. The van der Waals surface area contributed by atoms with Gasteiger partial charge in [-0.2, -0.15) is 5.26 Å². The Balaban J connectivity index is 2.58. The summed E-state index contributed by atoms with van der Waals surface area (Å²) in [5, 5.41) is 23.4. The third kappa shape index (κ3) is 6.42. The van der Waals surface area contributed by atoms with Crippen LogP contribution in [-0.2, 0) is 16.0 Å². The second-order valence-corrected chi connectivity index (χ2v) is 6.45. The number of nitriles is 1. The molecule has 128 valence electrons. The molecule has 24 heavy (non-hydrogen) atoms. The van der Waals surface area contributed by atoms with E-state index in [0.717, 1.165) is 16.5 Å². The van der Waals surface area contributed by atoms with Gasteiger partial charge in [-0.05, 0) is 30.0 Å². The van der Waals surface area contributed by atoms with Crippen LogP contribution >= 0.6 is 15.9 Å². The van der Waals surface area contributed by atoms with Crippen LogP contribution in [0.15, 0.2) is 40.5 Å². The van der Waals surface area contributed by atoms with E-state index in [1.165, 1.54) is 6.20 Å². The molecule has 0 fully saturated rings. The lowest BCUT2D eigenvalue weighted by Gasteiger charge is -2.17. The van der Waals surface area contributed by atoms with Crippen molar-refractivity contribution in [2.75, 3.05) is 6.54 Å². The summed E-state index contributed by atoms with van der Waals surface area (Å²) in [4.78, 5) is 23.1. The fourth-order valence-electron chi connectivity index (χ4n) is 1.96. The largest absolute Gasteiger partial charge is 0.480 e. The molecule has 0 heterocycles. The van der Waals surface area contributed by atoms with Gasteiger partial charge in [-0.3, -0.25) is 4.79 Å². The third-order valence-corrected chi connectivity index (χ3v) is 3.77. The molecule has 0 aromatic heterocycles. The summed E-state index contributed by atoms with van der Waals surface area (Å²) in [6.07, 6.45) is 2.03. The summed E-state index contributed by atoms with van der Waals surface area (Å²) in [5.41, 5.74) is 0.954. The summed E-state index contributed by atoms with van der Waals surface area (Å²) in [6.45, 7) is 3.91. The predicted molar refractivity (Wildman–Crippen MR) is 93.9 cm³/mol. The molecule has 1 rings (SSSR count). The van der Waals surface area contributed by atoms with Gasteiger partial charge < -0.3 is 15.7 Å². The highest BCUT2D eigenvalue weighted by Gasteiger charge is 2.24. The number of carbonyl (C=O) groups excluding carboxylic acids is 1. The lowest BCUT2D eigenvalue weighted by atomic mass is 10.0. The predicted octanol–water partition coefficient (Wildman–Crippen LogP) is 2.21. The second kappa shape index (κ2) is 9.73. The van der Waals surface area contributed by atoms with E-state index in [9.17, 15) is 9.59 Å². The first kappa shape index (κ1) is 19.7. The normalized spacial score (nSPS) is 12.4. The number of amides is 1. The average molecular weight is 394 g/mol. The van der Waals surface area contributed by atoms with Gasteiger partial charge in [-0.1, -0.05) is 41.9 Å². The van der Waals surface area contributed by atoms with Gasteiger partial charge in [-0.15, -0.1) is 0 Å². The highest BCUT2D eigenvalue weighted by molar-refractivity contribution is 9.10. The summed E-state index contributed by atoms with van der Waals surface area (Å²) in [7, 11) is 0. The molecule has 7 heteroatoms. The average Bonchev–Trinajstić information content (AvgIpc) is 2.52. The van der Waals surface area contributed by atoms with Crippen molar-refractivity contribution in [3.63, 3.8) is 0 Å². The van der Waals surface area contributed by atoms with Crippen LogP contribution in [-0.4, -0.2) is 29.6 Å². The lowest BCUT2D eigenvalue weighted by Crippen LogP contribution is -2.44. The van der Waals surface area contributed by atoms with Crippen molar-refractivity contribution in [1.82, 2.24) is 10.6 Å². The standard InChI is InChI=1S/C17H20BrN3O3/c1-11(2)15(17(23)24)21-16(22)13(9-19)10-20-7-6-12-4-3-5-14(18)8-12/h3-5,8,10-11,15,20H,6-7H2,1-2H3,(H,21,22)(H,23,24)/b13-10-. The Labute approximate surface area is 149 Å². The smallest absolute Gasteiger partial charge is 0.326 e. The van der Waals surface area contributed by atoms with E-state index in [2.05, 4.69) is 26.6 Å². The third-order valence-electron chi connectivity index (χ3n) is 3.28. The number of nitrogens with one attached hydrogen (secondary N) is 2. The number of aliphatic carboxylic acids is 1. The van der Waals surface area contributed by atoms with Crippen molar-refractivity contribution in [3.8, 4) is 6.07 Å². The fraction of sp³-hybridized carbons (Fsp3) is 0.353. The van der Waals surface area contributed by atoms with E-state index >= 15 is 0 Å². The van der Waals surface area contributed by atoms with Crippen LogP contribution in [0.3, 0.4) is 0 Å². The maximum absolute atomic E-state index is 12.0. The molecule has 0 bridgehead atoms. The number of carboxylic acid groups (broad SMARTS) is 1. The van der Waals surface area contributed by atoms with Crippen molar-refractivity contribution in [2.45, 2.75) is 26.3 Å². The molecular formula is C17H20BrN3O3.